The summed E-state index contributed by atoms with van der Waals surface area (Å²) in [4.78, 5) is 28.2. The van der Waals surface area contributed by atoms with E-state index in [9.17, 15) is 14.1 Å². The average molecular weight is 388 g/mol. The van der Waals surface area contributed by atoms with Crippen LogP contribution in [0.2, 0.25) is 0 Å². The zero-order valence-electron chi connectivity index (χ0n) is 16.4. The summed E-state index contributed by atoms with van der Waals surface area (Å²) in [5.41, 5.74) is 6.97. The molecule has 0 aliphatic heterocycles. The van der Waals surface area contributed by atoms with Gasteiger partial charge in [0.25, 0.3) is 0 Å². The number of nitroso groups, excluding NO2 is 1. The number of pyridine rings is 1. The Morgan fingerprint density at radius 2 is 1.86 bits per heavy atom. The molecule has 1 aliphatic carbocycles. The number of carbonyl (C=O) groups is 1. The third kappa shape index (κ3) is 3.37. The Morgan fingerprint density at radius 1 is 1.10 bits per heavy atom. The molecule has 0 saturated carbocycles. The molecule has 2 aromatic carbocycles. The molecular formula is C24H21FN2O2. The van der Waals surface area contributed by atoms with Gasteiger partial charge in [-0.1, -0.05) is 32.0 Å². The summed E-state index contributed by atoms with van der Waals surface area (Å²) in [5.74, 6) is -0.295. The molecule has 0 saturated heterocycles. The maximum Gasteiger partial charge on any atom is 0.152 e. The fraction of sp³-hybridized carbons (Fsp3) is 0.250. The number of nitrogens with zero attached hydrogens (tertiary/aromatic N) is 2. The van der Waals surface area contributed by atoms with E-state index in [0.29, 0.717) is 16.9 Å². The highest BCUT2D eigenvalue weighted by Gasteiger charge is 2.26. The summed E-state index contributed by atoms with van der Waals surface area (Å²) in [6.07, 6.45) is 3.34. The molecule has 3 aromatic rings. The predicted octanol–water partition coefficient (Wildman–Crippen LogP) is 6.38. The normalized spacial score (nSPS) is 12.8. The van der Waals surface area contributed by atoms with E-state index in [1.807, 2.05) is 19.9 Å². The summed E-state index contributed by atoms with van der Waals surface area (Å²) >= 11 is 0. The van der Waals surface area contributed by atoms with Crippen molar-refractivity contribution in [2.24, 2.45) is 5.18 Å². The van der Waals surface area contributed by atoms with Crippen LogP contribution in [0.25, 0.3) is 22.4 Å². The van der Waals surface area contributed by atoms with E-state index in [-0.39, 0.29) is 11.7 Å². The second kappa shape index (κ2) is 7.66. The van der Waals surface area contributed by atoms with Crippen LogP contribution in [0, 0.1) is 10.7 Å². The van der Waals surface area contributed by atoms with Crippen molar-refractivity contribution in [3.05, 3.63) is 75.6 Å². The molecular weight excluding hydrogens is 367 g/mol. The molecule has 0 unspecified atom stereocenters. The number of hydrogen-bond donors (Lipinski definition) is 0. The Hall–Kier alpha value is -3.21. The molecule has 0 amide bonds. The van der Waals surface area contributed by atoms with Crippen LogP contribution in [-0.4, -0.2) is 11.3 Å². The van der Waals surface area contributed by atoms with Crippen LogP contribution in [0.15, 0.2) is 47.6 Å². The van der Waals surface area contributed by atoms with E-state index < -0.39 is 0 Å². The lowest BCUT2D eigenvalue weighted by atomic mass is 9.87. The summed E-state index contributed by atoms with van der Waals surface area (Å²) in [7, 11) is 0. The molecule has 5 heteroatoms. The first-order chi connectivity index (χ1) is 14.0. The van der Waals surface area contributed by atoms with E-state index in [0.717, 1.165) is 59.1 Å². The molecule has 1 heterocycles. The lowest BCUT2D eigenvalue weighted by Gasteiger charge is -2.20. The quantitative estimate of drug-likeness (QED) is 0.385. The van der Waals surface area contributed by atoms with Crippen molar-refractivity contribution in [2.75, 3.05) is 0 Å². The Morgan fingerprint density at radius 3 is 2.52 bits per heavy atom. The van der Waals surface area contributed by atoms with Gasteiger partial charge in [-0.25, -0.2) is 4.39 Å². The third-order valence-electron chi connectivity index (χ3n) is 5.49. The summed E-state index contributed by atoms with van der Waals surface area (Å²) in [5, 5.41) is 3.09. The van der Waals surface area contributed by atoms with Crippen molar-refractivity contribution < 1.29 is 9.18 Å². The molecule has 0 spiro atoms. The van der Waals surface area contributed by atoms with Gasteiger partial charge in [0, 0.05) is 11.1 Å². The van der Waals surface area contributed by atoms with Gasteiger partial charge >= 0.3 is 0 Å². The smallest absolute Gasteiger partial charge is 0.152 e. The van der Waals surface area contributed by atoms with E-state index in [1.165, 1.54) is 12.1 Å². The van der Waals surface area contributed by atoms with Crippen molar-refractivity contribution in [1.29, 1.82) is 0 Å². The Bertz CT molecular complexity index is 1100. The molecule has 0 bridgehead atoms. The van der Waals surface area contributed by atoms with Crippen molar-refractivity contribution in [3.8, 4) is 22.4 Å². The predicted molar refractivity (Wildman–Crippen MR) is 112 cm³/mol. The minimum atomic E-state index is -0.322. The van der Waals surface area contributed by atoms with Gasteiger partial charge in [0.1, 0.15) is 11.5 Å². The van der Waals surface area contributed by atoms with Gasteiger partial charge in [-0.2, -0.15) is 0 Å². The van der Waals surface area contributed by atoms with Gasteiger partial charge in [0.2, 0.25) is 0 Å². The fourth-order valence-corrected chi connectivity index (χ4v) is 4.14. The highest BCUT2D eigenvalue weighted by molar-refractivity contribution is 5.93. The van der Waals surface area contributed by atoms with Crippen LogP contribution >= 0.6 is 0 Å². The summed E-state index contributed by atoms with van der Waals surface area (Å²) in [6.45, 7) is 3.99. The van der Waals surface area contributed by atoms with Crippen LogP contribution in [0.4, 0.5) is 10.1 Å². The fourth-order valence-electron chi connectivity index (χ4n) is 4.14. The van der Waals surface area contributed by atoms with Gasteiger partial charge in [0.15, 0.2) is 6.29 Å². The highest BCUT2D eigenvalue weighted by atomic mass is 19.1. The molecule has 0 fully saturated rings. The van der Waals surface area contributed by atoms with Gasteiger partial charge in [-0.3, -0.25) is 9.78 Å². The molecule has 4 rings (SSSR count). The third-order valence-corrected chi connectivity index (χ3v) is 5.49. The minimum Gasteiger partial charge on any atom is -0.298 e. The van der Waals surface area contributed by atoms with Crippen molar-refractivity contribution in [2.45, 2.75) is 39.0 Å². The molecule has 4 nitrogen and oxygen atoms in total. The van der Waals surface area contributed by atoms with Crippen molar-refractivity contribution in [1.82, 2.24) is 4.98 Å². The molecule has 1 aromatic heterocycles. The molecule has 29 heavy (non-hydrogen) atoms. The van der Waals surface area contributed by atoms with Crippen molar-refractivity contribution in [3.63, 3.8) is 0 Å². The summed E-state index contributed by atoms with van der Waals surface area (Å²) < 4.78 is 13.6. The van der Waals surface area contributed by atoms with Crippen LogP contribution in [0.5, 0.6) is 0 Å². The zero-order chi connectivity index (χ0) is 20.5. The Balaban J connectivity index is 2.11. The number of rotatable bonds is 4. The number of aldehydes is 1. The first-order valence-corrected chi connectivity index (χ1v) is 9.78. The number of aromatic nitrogens is 1. The van der Waals surface area contributed by atoms with Crippen LogP contribution < -0.4 is 0 Å². The highest BCUT2D eigenvalue weighted by Crippen LogP contribution is 2.41. The molecule has 0 radical (unpaired) electrons. The molecule has 1 aliphatic rings. The topological polar surface area (TPSA) is 59.4 Å². The van der Waals surface area contributed by atoms with Gasteiger partial charge in [-0.15, -0.1) is 4.91 Å². The first-order valence-electron chi connectivity index (χ1n) is 9.78. The second-order valence-corrected chi connectivity index (χ2v) is 7.68. The van der Waals surface area contributed by atoms with E-state index in [2.05, 4.69) is 5.18 Å². The van der Waals surface area contributed by atoms with Gasteiger partial charge < -0.3 is 0 Å². The van der Waals surface area contributed by atoms with Gasteiger partial charge in [-0.05, 0) is 76.9 Å². The van der Waals surface area contributed by atoms with E-state index in [1.54, 1.807) is 24.3 Å². The maximum atomic E-state index is 13.6. The first kappa shape index (κ1) is 19.1. The summed E-state index contributed by atoms with van der Waals surface area (Å²) in [6, 6.07) is 11.7. The Kier molecular flexibility index (Phi) is 5.05. The van der Waals surface area contributed by atoms with Gasteiger partial charge in [0.05, 0.1) is 11.4 Å². The number of hydrogen-bond acceptors (Lipinski definition) is 4. The van der Waals surface area contributed by atoms with Crippen molar-refractivity contribution >= 4 is 12.0 Å². The lowest BCUT2D eigenvalue weighted by Crippen LogP contribution is -2.08. The average Bonchev–Trinajstić information content (AvgIpc) is 2.91. The van der Waals surface area contributed by atoms with E-state index in [4.69, 9.17) is 4.98 Å². The Labute approximate surface area is 168 Å². The van der Waals surface area contributed by atoms with Crippen LogP contribution in [-0.2, 0) is 12.8 Å². The SMILES string of the molecule is CC(C)c1nc2c(c(-c3ccc(F)cc3)c1C=O)CCCc1ccc(N=O)cc1-2. The lowest BCUT2D eigenvalue weighted by molar-refractivity contribution is 0.112. The monoisotopic (exact) mass is 388 g/mol. The van der Waals surface area contributed by atoms with E-state index >= 15 is 0 Å². The second-order valence-electron chi connectivity index (χ2n) is 7.68. The molecule has 146 valence electrons. The molecule has 0 N–H and O–H groups in total. The largest absolute Gasteiger partial charge is 0.298 e. The zero-order valence-corrected chi connectivity index (χ0v) is 16.4. The maximum absolute atomic E-state index is 13.6. The number of benzene rings is 2. The van der Waals surface area contributed by atoms with Crippen LogP contribution in [0.1, 0.15) is 53.4 Å². The number of carbonyl (C=O) groups excluding carboxylic acids is 1. The molecule has 0 atom stereocenters. The number of aryl methyl sites for hydroxylation is 1. The number of halogens is 1. The minimum absolute atomic E-state index is 0.0266. The van der Waals surface area contributed by atoms with Crippen LogP contribution in [0.3, 0.4) is 0 Å². The number of fused-ring (bicyclic) bond motifs is 3. The standard InChI is InChI=1S/C24H21FN2O2/c1-14(2)23-21(13-28)22(16-6-9-17(25)10-7-16)19-5-3-4-15-8-11-18(27-29)12-20(15)24(19)26-23/h6-14H,3-5H2,1-2H3.